The van der Waals surface area contributed by atoms with Crippen molar-refractivity contribution in [2.45, 2.75) is 45.1 Å². The Morgan fingerprint density at radius 3 is 2.64 bits per heavy atom. The molecule has 0 fully saturated rings. The Morgan fingerprint density at radius 2 is 2.03 bits per heavy atom. The van der Waals surface area contributed by atoms with E-state index in [1.165, 1.54) is 28.7 Å². The lowest BCUT2D eigenvalue weighted by atomic mass is 9.70. The molecule has 170 valence electrons. The first kappa shape index (κ1) is 23.5. The minimum Gasteiger partial charge on any atom is -0.497 e. The van der Waals surface area contributed by atoms with E-state index in [0.717, 1.165) is 46.7 Å². The van der Waals surface area contributed by atoms with E-state index in [2.05, 4.69) is 26.8 Å². The summed E-state index contributed by atoms with van der Waals surface area (Å²) in [4.78, 5) is 18.3. The standard InChI is InChI=1S/C27H28N2O2S2/c1-27(2,3)18-9-12-22-20(14-18)25(17-7-10-19(31-4)11-8-17)21(15-28)26(29-22)33-16-23(30)24-6-5-13-32-24/h5-8,10-11,13,18H,9,12,14,16H2,1-4H3. The van der Waals surface area contributed by atoms with Crippen LogP contribution in [0.1, 0.15) is 53.7 Å². The van der Waals surface area contributed by atoms with Crippen molar-refractivity contribution in [3.63, 3.8) is 0 Å². The van der Waals surface area contributed by atoms with Crippen LogP contribution in [0.2, 0.25) is 0 Å². The first-order valence-electron chi connectivity index (χ1n) is 11.1. The number of carbonyl (C=O) groups is 1. The highest BCUT2D eigenvalue weighted by Crippen LogP contribution is 2.43. The van der Waals surface area contributed by atoms with Crippen LogP contribution < -0.4 is 4.74 Å². The van der Waals surface area contributed by atoms with Crippen LogP contribution in [0.15, 0.2) is 46.8 Å². The summed E-state index contributed by atoms with van der Waals surface area (Å²) in [6, 6.07) is 14.0. The van der Waals surface area contributed by atoms with Gasteiger partial charge in [0.1, 0.15) is 16.8 Å². The lowest BCUT2D eigenvalue weighted by molar-refractivity contribution is 0.102. The van der Waals surface area contributed by atoms with Crippen LogP contribution in [0.4, 0.5) is 0 Å². The van der Waals surface area contributed by atoms with Crippen molar-refractivity contribution >= 4 is 28.9 Å². The number of methoxy groups -OCH3 is 1. The van der Waals surface area contributed by atoms with Gasteiger partial charge in [0.05, 0.1) is 23.3 Å². The fraction of sp³-hybridized carbons (Fsp3) is 0.370. The monoisotopic (exact) mass is 476 g/mol. The molecule has 0 saturated heterocycles. The molecule has 0 radical (unpaired) electrons. The third kappa shape index (κ3) is 5.00. The van der Waals surface area contributed by atoms with Gasteiger partial charge < -0.3 is 4.74 Å². The highest BCUT2D eigenvalue weighted by Gasteiger charge is 2.33. The van der Waals surface area contributed by atoms with Gasteiger partial charge >= 0.3 is 0 Å². The number of rotatable bonds is 6. The second-order valence-corrected chi connectivity index (χ2v) is 11.3. The van der Waals surface area contributed by atoms with Crippen molar-refractivity contribution in [1.29, 1.82) is 5.26 Å². The number of pyridine rings is 1. The zero-order valence-corrected chi connectivity index (χ0v) is 21.1. The van der Waals surface area contributed by atoms with Crippen LogP contribution in [-0.2, 0) is 12.8 Å². The molecule has 0 N–H and O–H groups in total. The Morgan fingerprint density at radius 1 is 1.27 bits per heavy atom. The number of fused-ring (bicyclic) bond motifs is 1. The molecule has 4 rings (SSSR count). The van der Waals surface area contributed by atoms with Gasteiger partial charge in [-0.15, -0.1) is 11.3 Å². The summed E-state index contributed by atoms with van der Waals surface area (Å²) in [5.74, 6) is 1.64. The predicted molar refractivity (Wildman–Crippen MR) is 135 cm³/mol. The van der Waals surface area contributed by atoms with E-state index in [4.69, 9.17) is 9.72 Å². The molecule has 2 heterocycles. The Labute approximate surface area is 204 Å². The Bertz CT molecular complexity index is 1190. The summed E-state index contributed by atoms with van der Waals surface area (Å²) in [5, 5.41) is 12.8. The molecule has 4 nitrogen and oxygen atoms in total. The number of aromatic nitrogens is 1. The van der Waals surface area contributed by atoms with Crippen molar-refractivity contribution in [3.05, 3.63) is 63.5 Å². The third-order valence-corrected chi connectivity index (χ3v) is 8.27. The smallest absolute Gasteiger partial charge is 0.183 e. The lowest BCUT2D eigenvalue weighted by Gasteiger charge is -2.36. The summed E-state index contributed by atoms with van der Waals surface area (Å²) < 4.78 is 5.34. The van der Waals surface area contributed by atoms with Crippen LogP contribution in [0, 0.1) is 22.7 Å². The van der Waals surface area contributed by atoms with Gasteiger partial charge in [0.15, 0.2) is 5.78 Å². The molecule has 1 unspecified atom stereocenters. The maximum Gasteiger partial charge on any atom is 0.183 e. The molecular formula is C27H28N2O2S2. The Kier molecular flexibility index (Phi) is 6.92. The quantitative estimate of drug-likeness (QED) is 0.289. The van der Waals surface area contributed by atoms with E-state index in [9.17, 15) is 10.1 Å². The molecule has 33 heavy (non-hydrogen) atoms. The number of ether oxygens (including phenoxy) is 1. The summed E-state index contributed by atoms with van der Waals surface area (Å²) in [7, 11) is 1.65. The van der Waals surface area contributed by atoms with Gasteiger partial charge in [-0.05, 0) is 65.3 Å². The molecule has 0 aliphatic heterocycles. The molecule has 2 aromatic heterocycles. The average Bonchev–Trinajstić information content (AvgIpc) is 3.36. The molecule has 6 heteroatoms. The molecule has 1 aromatic carbocycles. The summed E-state index contributed by atoms with van der Waals surface area (Å²) in [6.07, 6.45) is 2.87. The second kappa shape index (κ2) is 9.70. The average molecular weight is 477 g/mol. The van der Waals surface area contributed by atoms with E-state index >= 15 is 0 Å². The SMILES string of the molecule is COc1ccc(-c2c(C#N)c(SCC(=O)c3cccs3)nc3c2CC(C(C)(C)C)CC3)cc1. The normalized spacial score (nSPS) is 15.5. The van der Waals surface area contributed by atoms with Gasteiger partial charge in [-0.3, -0.25) is 4.79 Å². The van der Waals surface area contributed by atoms with Gasteiger partial charge in [-0.1, -0.05) is 50.7 Å². The van der Waals surface area contributed by atoms with E-state index in [1.54, 1.807) is 7.11 Å². The molecule has 0 spiro atoms. The van der Waals surface area contributed by atoms with Crippen LogP contribution in [0.3, 0.4) is 0 Å². The van der Waals surface area contributed by atoms with Gasteiger partial charge in [0.25, 0.3) is 0 Å². The molecule has 0 bridgehead atoms. The van der Waals surface area contributed by atoms with Crippen LogP contribution in [0.5, 0.6) is 5.75 Å². The number of nitrogens with zero attached hydrogens (tertiary/aromatic N) is 2. The minimum atomic E-state index is 0.0669. The molecule has 0 amide bonds. The number of nitriles is 1. The van der Waals surface area contributed by atoms with E-state index in [1.807, 2.05) is 41.8 Å². The molecule has 0 saturated carbocycles. The highest BCUT2D eigenvalue weighted by atomic mass is 32.2. The van der Waals surface area contributed by atoms with Gasteiger partial charge in [0.2, 0.25) is 0 Å². The lowest BCUT2D eigenvalue weighted by Crippen LogP contribution is -2.28. The van der Waals surface area contributed by atoms with Crippen molar-refractivity contribution in [2.75, 3.05) is 12.9 Å². The topological polar surface area (TPSA) is 63.0 Å². The van der Waals surface area contributed by atoms with Crippen LogP contribution in [-0.4, -0.2) is 23.6 Å². The first-order chi connectivity index (χ1) is 15.8. The summed E-state index contributed by atoms with van der Waals surface area (Å²) >= 11 is 2.82. The van der Waals surface area contributed by atoms with Gasteiger partial charge in [0, 0.05) is 11.3 Å². The largest absolute Gasteiger partial charge is 0.497 e. The molecule has 1 aliphatic rings. The zero-order valence-electron chi connectivity index (χ0n) is 19.5. The Hall–Kier alpha value is -2.62. The maximum absolute atomic E-state index is 12.6. The first-order valence-corrected chi connectivity index (χ1v) is 13.0. The number of thiophene rings is 1. The van der Waals surface area contributed by atoms with Crippen LogP contribution >= 0.6 is 23.1 Å². The molecule has 3 aromatic rings. The summed E-state index contributed by atoms with van der Waals surface area (Å²) in [5.41, 5.74) is 4.94. The minimum absolute atomic E-state index is 0.0669. The number of thioether (sulfide) groups is 1. The fourth-order valence-electron chi connectivity index (χ4n) is 4.40. The molecular weight excluding hydrogens is 448 g/mol. The van der Waals surface area contributed by atoms with Gasteiger partial charge in [-0.2, -0.15) is 5.26 Å². The highest BCUT2D eigenvalue weighted by molar-refractivity contribution is 8.00. The van der Waals surface area contributed by atoms with E-state index in [0.29, 0.717) is 16.5 Å². The van der Waals surface area contributed by atoms with E-state index in [-0.39, 0.29) is 17.0 Å². The van der Waals surface area contributed by atoms with Crippen LogP contribution in [0.25, 0.3) is 11.1 Å². The fourth-order valence-corrected chi connectivity index (χ4v) is 6.05. The van der Waals surface area contributed by atoms with Crippen molar-refractivity contribution in [1.82, 2.24) is 4.98 Å². The third-order valence-electron chi connectivity index (χ3n) is 6.38. The number of ketones is 1. The predicted octanol–water partition coefficient (Wildman–Crippen LogP) is 6.82. The molecule has 1 atom stereocenters. The van der Waals surface area contributed by atoms with Gasteiger partial charge in [-0.25, -0.2) is 4.98 Å². The maximum atomic E-state index is 12.6. The number of aryl methyl sites for hydroxylation is 1. The number of hydrogen-bond donors (Lipinski definition) is 0. The summed E-state index contributed by atoms with van der Waals surface area (Å²) in [6.45, 7) is 6.86. The number of Topliss-reactive ketones (excluding diaryl/α,β-unsaturated/α-hetero) is 1. The van der Waals surface area contributed by atoms with Crippen molar-refractivity contribution in [3.8, 4) is 22.9 Å². The number of hydrogen-bond acceptors (Lipinski definition) is 6. The number of benzene rings is 1. The Balaban J connectivity index is 1.79. The van der Waals surface area contributed by atoms with E-state index < -0.39 is 0 Å². The second-order valence-electron chi connectivity index (χ2n) is 9.43. The van der Waals surface area contributed by atoms with Crippen molar-refractivity contribution < 1.29 is 9.53 Å². The number of carbonyl (C=O) groups excluding carboxylic acids is 1. The molecule has 1 aliphatic carbocycles. The zero-order chi connectivity index (χ0) is 23.6. The van der Waals surface area contributed by atoms with Crippen molar-refractivity contribution in [2.24, 2.45) is 11.3 Å².